The first-order valence-corrected chi connectivity index (χ1v) is 7.59. The summed E-state index contributed by atoms with van der Waals surface area (Å²) in [5.41, 5.74) is 1.99. The highest BCUT2D eigenvalue weighted by Gasteiger charge is 2.19. The van der Waals surface area contributed by atoms with Crippen LogP contribution in [0.15, 0.2) is 48.7 Å². The SMILES string of the molecule is COc1cc(C(=O)c2cnc3[nH]c4ccccc4c3c2)c(O)cc1O. The van der Waals surface area contributed by atoms with Crippen LogP contribution in [0.3, 0.4) is 0 Å². The number of pyridine rings is 1. The number of H-pyrrole nitrogens is 1. The van der Waals surface area contributed by atoms with Crippen LogP contribution in [0.4, 0.5) is 0 Å². The summed E-state index contributed by atoms with van der Waals surface area (Å²) in [6.45, 7) is 0. The number of carbonyl (C=O) groups excluding carboxylic acids is 1. The number of phenols is 2. The Morgan fingerprint density at radius 3 is 2.68 bits per heavy atom. The van der Waals surface area contributed by atoms with Gasteiger partial charge < -0.3 is 19.9 Å². The van der Waals surface area contributed by atoms with Gasteiger partial charge in [-0.2, -0.15) is 0 Å². The third kappa shape index (κ3) is 2.35. The van der Waals surface area contributed by atoms with E-state index < -0.39 is 5.78 Å². The van der Waals surface area contributed by atoms with E-state index in [2.05, 4.69) is 9.97 Å². The van der Waals surface area contributed by atoms with Crippen LogP contribution in [-0.2, 0) is 0 Å². The number of nitrogens with zero attached hydrogens (tertiary/aromatic N) is 1. The minimum Gasteiger partial charge on any atom is -0.507 e. The van der Waals surface area contributed by atoms with Crippen molar-refractivity contribution in [1.29, 1.82) is 0 Å². The van der Waals surface area contributed by atoms with E-state index in [0.29, 0.717) is 11.2 Å². The van der Waals surface area contributed by atoms with Crippen LogP contribution in [0, 0.1) is 0 Å². The molecule has 124 valence electrons. The van der Waals surface area contributed by atoms with Crippen molar-refractivity contribution in [2.24, 2.45) is 0 Å². The van der Waals surface area contributed by atoms with Gasteiger partial charge in [0.25, 0.3) is 0 Å². The number of rotatable bonds is 3. The summed E-state index contributed by atoms with van der Waals surface area (Å²) in [6.07, 6.45) is 1.46. The molecule has 0 saturated heterocycles. The summed E-state index contributed by atoms with van der Waals surface area (Å²) in [5.74, 6) is -0.846. The van der Waals surface area contributed by atoms with Crippen LogP contribution in [0.5, 0.6) is 17.2 Å². The highest BCUT2D eigenvalue weighted by molar-refractivity contribution is 6.14. The topological polar surface area (TPSA) is 95.4 Å². The number of aromatic nitrogens is 2. The molecule has 2 aromatic heterocycles. The molecule has 25 heavy (non-hydrogen) atoms. The second-order valence-corrected chi connectivity index (χ2v) is 5.66. The summed E-state index contributed by atoms with van der Waals surface area (Å²) in [6, 6.07) is 11.9. The zero-order chi connectivity index (χ0) is 17.6. The Morgan fingerprint density at radius 1 is 1.08 bits per heavy atom. The van der Waals surface area contributed by atoms with Gasteiger partial charge in [0, 0.05) is 34.1 Å². The van der Waals surface area contributed by atoms with Crippen LogP contribution in [0.25, 0.3) is 21.9 Å². The Labute approximate surface area is 142 Å². The van der Waals surface area contributed by atoms with Gasteiger partial charge in [-0.3, -0.25) is 4.79 Å². The number of nitrogens with one attached hydrogen (secondary N) is 1. The molecule has 0 radical (unpaired) electrons. The normalized spacial score (nSPS) is 11.1. The van der Waals surface area contributed by atoms with Gasteiger partial charge in [0.05, 0.1) is 12.7 Å². The molecule has 0 aliphatic rings. The number of aromatic amines is 1. The molecule has 0 bridgehead atoms. The minimum atomic E-state index is -0.407. The van der Waals surface area contributed by atoms with Gasteiger partial charge in [-0.25, -0.2) is 4.98 Å². The van der Waals surface area contributed by atoms with Crippen molar-refractivity contribution >= 4 is 27.7 Å². The Kier molecular flexibility index (Phi) is 3.32. The number of aromatic hydroxyl groups is 2. The van der Waals surface area contributed by atoms with E-state index in [-0.39, 0.29) is 22.8 Å². The zero-order valence-corrected chi connectivity index (χ0v) is 13.3. The van der Waals surface area contributed by atoms with Crippen LogP contribution >= 0.6 is 0 Å². The highest BCUT2D eigenvalue weighted by atomic mass is 16.5. The number of ether oxygens (including phenoxy) is 1. The predicted octanol–water partition coefficient (Wildman–Crippen LogP) is 3.37. The van der Waals surface area contributed by atoms with E-state index >= 15 is 0 Å². The van der Waals surface area contributed by atoms with Crippen LogP contribution in [-0.4, -0.2) is 33.1 Å². The number of ketones is 1. The number of hydrogen-bond acceptors (Lipinski definition) is 5. The van der Waals surface area contributed by atoms with E-state index in [1.807, 2.05) is 24.3 Å². The number of hydrogen-bond donors (Lipinski definition) is 3. The van der Waals surface area contributed by atoms with E-state index in [0.717, 1.165) is 22.4 Å². The van der Waals surface area contributed by atoms with Gasteiger partial charge in [-0.15, -0.1) is 0 Å². The van der Waals surface area contributed by atoms with Crippen LogP contribution in [0.2, 0.25) is 0 Å². The molecule has 3 N–H and O–H groups in total. The average molecular weight is 334 g/mol. The van der Waals surface area contributed by atoms with Crippen molar-refractivity contribution in [2.75, 3.05) is 7.11 Å². The largest absolute Gasteiger partial charge is 0.507 e. The Morgan fingerprint density at radius 2 is 1.88 bits per heavy atom. The van der Waals surface area contributed by atoms with Crippen molar-refractivity contribution in [3.8, 4) is 17.2 Å². The van der Waals surface area contributed by atoms with Gasteiger partial charge in [0.1, 0.15) is 11.4 Å². The smallest absolute Gasteiger partial charge is 0.198 e. The molecule has 6 heteroatoms. The number of benzene rings is 2. The fourth-order valence-corrected chi connectivity index (χ4v) is 2.91. The maximum absolute atomic E-state index is 12.8. The minimum absolute atomic E-state index is 0.0376. The Bertz CT molecular complexity index is 1130. The average Bonchev–Trinajstić information content (AvgIpc) is 2.99. The third-order valence-corrected chi connectivity index (χ3v) is 4.16. The van der Waals surface area contributed by atoms with Gasteiger partial charge in [-0.1, -0.05) is 18.2 Å². The predicted molar refractivity (Wildman–Crippen MR) is 93.4 cm³/mol. The first-order valence-electron chi connectivity index (χ1n) is 7.59. The molecule has 0 spiro atoms. The molecule has 0 atom stereocenters. The van der Waals surface area contributed by atoms with E-state index in [1.165, 1.54) is 19.4 Å². The third-order valence-electron chi connectivity index (χ3n) is 4.16. The van der Waals surface area contributed by atoms with Crippen molar-refractivity contribution in [3.63, 3.8) is 0 Å². The van der Waals surface area contributed by atoms with Crippen molar-refractivity contribution in [1.82, 2.24) is 9.97 Å². The molecular formula is C19H14N2O4. The summed E-state index contributed by atoms with van der Waals surface area (Å²) in [7, 11) is 1.37. The quantitative estimate of drug-likeness (QED) is 0.499. The molecule has 0 aliphatic carbocycles. The van der Waals surface area contributed by atoms with Crippen LogP contribution in [0.1, 0.15) is 15.9 Å². The lowest BCUT2D eigenvalue weighted by Crippen LogP contribution is -2.03. The maximum Gasteiger partial charge on any atom is 0.198 e. The standard InChI is InChI=1S/C19H14N2O4/c1-25-17-7-13(15(22)8-16(17)23)18(24)10-6-12-11-4-2-3-5-14(11)21-19(12)20-9-10/h2-9,22-23H,1H3,(H,20,21). The van der Waals surface area contributed by atoms with E-state index in [4.69, 9.17) is 4.74 Å². The number of phenolic OH excluding ortho intramolecular Hbond substituents is 2. The first-order chi connectivity index (χ1) is 12.1. The highest BCUT2D eigenvalue weighted by Crippen LogP contribution is 2.34. The number of carbonyl (C=O) groups is 1. The fraction of sp³-hybridized carbons (Fsp3) is 0.0526. The molecule has 2 heterocycles. The molecule has 0 aliphatic heterocycles. The maximum atomic E-state index is 12.8. The lowest BCUT2D eigenvalue weighted by Gasteiger charge is -2.08. The first kappa shape index (κ1) is 15.0. The molecule has 0 saturated carbocycles. The van der Waals surface area contributed by atoms with Crippen molar-refractivity contribution in [3.05, 3.63) is 59.8 Å². The molecule has 0 amide bonds. The van der Waals surface area contributed by atoms with Crippen LogP contribution < -0.4 is 4.74 Å². The van der Waals surface area contributed by atoms with E-state index in [1.54, 1.807) is 6.07 Å². The molecule has 0 fully saturated rings. The van der Waals surface area contributed by atoms with Crippen molar-refractivity contribution < 1.29 is 19.7 Å². The Balaban J connectivity index is 1.87. The monoisotopic (exact) mass is 334 g/mol. The fourth-order valence-electron chi connectivity index (χ4n) is 2.91. The van der Waals surface area contributed by atoms with Gasteiger partial charge in [-0.05, 0) is 18.2 Å². The summed E-state index contributed by atoms with van der Waals surface area (Å²) < 4.78 is 5.01. The van der Waals surface area contributed by atoms with Gasteiger partial charge >= 0.3 is 0 Å². The zero-order valence-electron chi connectivity index (χ0n) is 13.3. The molecule has 2 aromatic carbocycles. The summed E-state index contributed by atoms with van der Waals surface area (Å²) >= 11 is 0. The second kappa shape index (κ2) is 5.52. The number of methoxy groups -OCH3 is 1. The lowest BCUT2D eigenvalue weighted by molar-refractivity contribution is 0.103. The van der Waals surface area contributed by atoms with E-state index in [9.17, 15) is 15.0 Å². The number of para-hydroxylation sites is 1. The lowest BCUT2D eigenvalue weighted by atomic mass is 10.0. The molecule has 4 aromatic rings. The molecule has 4 rings (SSSR count). The van der Waals surface area contributed by atoms with Gasteiger partial charge in [0.2, 0.25) is 0 Å². The molecule has 0 unspecified atom stereocenters. The molecule has 6 nitrogen and oxygen atoms in total. The van der Waals surface area contributed by atoms with Crippen molar-refractivity contribution in [2.45, 2.75) is 0 Å². The summed E-state index contributed by atoms with van der Waals surface area (Å²) in [5, 5.41) is 21.5. The molecular weight excluding hydrogens is 320 g/mol. The summed E-state index contributed by atoms with van der Waals surface area (Å²) in [4.78, 5) is 20.3. The Hall–Kier alpha value is -3.54. The second-order valence-electron chi connectivity index (χ2n) is 5.66. The van der Waals surface area contributed by atoms with Gasteiger partial charge in [0.15, 0.2) is 17.3 Å². The number of fused-ring (bicyclic) bond motifs is 3.